The number of ether oxygens (including phenoxy) is 1. The normalized spacial score (nSPS) is 18.8. The second kappa shape index (κ2) is 7.90. The molecular weight excluding hydrogens is 382 g/mol. The van der Waals surface area contributed by atoms with E-state index < -0.39 is 23.4 Å². The van der Waals surface area contributed by atoms with E-state index in [-0.39, 0.29) is 6.61 Å². The average Bonchev–Trinajstić information content (AvgIpc) is 2.94. The number of halogens is 1. The van der Waals surface area contributed by atoms with Crippen LogP contribution >= 0.6 is 11.6 Å². The second-order valence-corrected chi connectivity index (χ2v) is 6.84. The van der Waals surface area contributed by atoms with Gasteiger partial charge in [0, 0.05) is 5.02 Å². The average molecular weight is 402 g/mol. The number of nitrogens with one attached hydrogen (secondary N) is 2. The molecule has 0 spiro atoms. The molecular formula is C20H20ClN3O4. The maximum atomic E-state index is 12.9. The lowest BCUT2D eigenvalue weighted by Gasteiger charge is -2.25. The van der Waals surface area contributed by atoms with Crippen molar-refractivity contribution in [2.45, 2.75) is 25.8 Å². The molecule has 28 heavy (non-hydrogen) atoms. The van der Waals surface area contributed by atoms with Crippen LogP contribution in [0.3, 0.4) is 0 Å². The SMILES string of the molecule is CC[C@]1(c2ccccc2)NC(=O)N(NC(=O)COc2ccc(Cl)c(C)c2)C1=O. The Morgan fingerprint density at radius 2 is 1.93 bits per heavy atom. The van der Waals surface area contributed by atoms with Crippen molar-refractivity contribution in [3.63, 3.8) is 0 Å². The topological polar surface area (TPSA) is 87.7 Å². The Balaban J connectivity index is 1.68. The Kier molecular flexibility index (Phi) is 5.56. The van der Waals surface area contributed by atoms with Crippen LogP contribution in [0.15, 0.2) is 48.5 Å². The fourth-order valence-corrected chi connectivity index (χ4v) is 3.17. The van der Waals surface area contributed by atoms with Gasteiger partial charge in [0.2, 0.25) is 0 Å². The minimum atomic E-state index is -1.21. The minimum Gasteiger partial charge on any atom is -0.484 e. The zero-order chi connectivity index (χ0) is 20.3. The summed E-state index contributed by atoms with van der Waals surface area (Å²) in [7, 11) is 0. The van der Waals surface area contributed by atoms with Crippen molar-refractivity contribution in [3.8, 4) is 5.75 Å². The molecule has 1 saturated heterocycles. The molecule has 2 aromatic carbocycles. The number of hydrazine groups is 1. The van der Waals surface area contributed by atoms with E-state index in [9.17, 15) is 14.4 Å². The van der Waals surface area contributed by atoms with E-state index in [1.165, 1.54) is 0 Å². The monoisotopic (exact) mass is 401 g/mol. The Morgan fingerprint density at radius 1 is 1.21 bits per heavy atom. The Morgan fingerprint density at radius 3 is 2.57 bits per heavy atom. The minimum absolute atomic E-state index is 0.342. The largest absolute Gasteiger partial charge is 0.484 e. The van der Waals surface area contributed by atoms with Crippen molar-refractivity contribution in [3.05, 3.63) is 64.7 Å². The number of aryl methyl sites for hydroxylation is 1. The summed E-state index contributed by atoms with van der Waals surface area (Å²) in [5, 5.41) is 3.99. The van der Waals surface area contributed by atoms with E-state index >= 15 is 0 Å². The van der Waals surface area contributed by atoms with Crippen molar-refractivity contribution in [1.29, 1.82) is 0 Å². The third kappa shape index (κ3) is 3.66. The molecule has 2 N–H and O–H groups in total. The van der Waals surface area contributed by atoms with Crippen molar-refractivity contribution >= 4 is 29.4 Å². The van der Waals surface area contributed by atoms with E-state index in [4.69, 9.17) is 16.3 Å². The maximum Gasteiger partial charge on any atom is 0.344 e. The van der Waals surface area contributed by atoms with Crippen LogP contribution in [0.5, 0.6) is 5.75 Å². The fraction of sp³-hybridized carbons (Fsp3) is 0.250. The lowest BCUT2D eigenvalue weighted by Crippen LogP contribution is -2.49. The first-order chi connectivity index (χ1) is 13.4. The molecule has 2 aromatic rings. The van der Waals surface area contributed by atoms with Crippen LogP contribution in [0.4, 0.5) is 4.79 Å². The van der Waals surface area contributed by atoms with Crippen LogP contribution in [0, 0.1) is 6.92 Å². The highest BCUT2D eigenvalue weighted by Gasteiger charge is 2.52. The van der Waals surface area contributed by atoms with Gasteiger partial charge in [0.25, 0.3) is 11.8 Å². The lowest BCUT2D eigenvalue weighted by molar-refractivity contribution is -0.140. The summed E-state index contributed by atoms with van der Waals surface area (Å²) in [6.45, 7) is 3.25. The molecule has 0 aliphatic carbocycles. The lowest BCUT2D eigenvalue weighted by atomic mass is 9.87. The van der Waals surface area contributed by atoms with E-state index in [0.29, 0.717) is 27.8 Å². The van der Waals surface area contributed by atoms with Gasteiger partial charge in [-0.05, 0) is 42.7 Å². The van der Waals surface area contributed by atoms with Gasteiger partial charge in [-0.3, -0.25) is 15.0 Å². The zero-order valence-corrected chi connectivity index (χ0v) is 16.2. The zero-order valence-electron chi connectivity index (χ0n) is 15.5. The van der Waals surface area contributed by atoms with Crippen LogP contribution in [0.25, 0.3) is 0 Å². The van der Waals surface area contributed by atoms with Gasteiger partial charge >= 0.3 is 6.03 Å². The number of benzene rings is 2. The second-order valence-electron chi connectivity index (χ2n) is 6.43. The van der Waals surface area contributed by atoms with Crippen molar-refractivity contribution < 1.29 is 19.1 Å². The molecule has 0 radical (unpaired) electrons. The Bertz CT molecular complexity index is 919. The quantitative estimate of drug-likeness (QED) is 0.728. The van der Waals surface area contributed by atoms with Crippen molar-refractivity contribution in [2.24, 2.45) is 0 Å². The molecule has 1 atom stereocenters. The van der Waals surface area contributed by atoms with Gasteiger partial charge in [-0.1, -0.05) is 48.9 Å². The molecule has 7 nitrogen and oxygen atoms in total. The van der Waals surface area contributed by atoms with E-state index in [0.717, 1.165) is 5.56 Å². The molecule has 146 valence electrons. The number of imide groups is 1. The molecule has 4 amide bonds. The molecule has 1 aliphatic rings. The van der Waals surface area contributed by atoms with Gasteiger partial charge in [-0.2, -0.15) is 5.01 Å². The van der Waals surface area contributed by atoms with Crippen LogP contribution in [-0.2, 0) is 15.1 Å². The van der Waals surface area contributed by atoms with Crippen LogP contribution in [0.2, 0.25) is 5.02 Å². The van der Waals surface area contributed by atoms with Crippen molar-refractivity contribution in [1.82, 2.24) is 15.8 Å². The first kappa shape index (κ1) is 19.7. The predicted molar refractivity (Wildman–Crippen MR) is 104 cm³/mol. The smallest absolute Gasteiger partial charge is 0.344 e. The van der Waals surface area contributed by atoms with Crippen molar-refractivity contribution in [2.75, 3.05) is 6.61 Å². The number of amides is 4. The highest BCUT2D eigenvalue weighted by molar-refractivity contribution is 6.31. The number of carbonyl (C=O) groups is 3. The van der Waals surface area contributed by atoms with Gasteiger partial charge in [0.05, 0.1) is 0 Å². The summed E-state index contributed by atoms with van der Waals surface area (Å²) < 4.78 is 5.41. The standard InChI is InChI=1S/C20H20ClN3O4/c1-3-20(14-7-5-4-6-8-14)18(26)24(19(27)22-20)23-17(25)12-28-15-9-10-16(21)13(2)11-15/h4-11H,3,12H2,1-2H3,(H,22,27)(H,23,25)/t20-/m1/s1. The Hall–Kier alpha value is -3.06. The summed E-state index contributed by atoms with van der Waals surface area (Å²) in [6, 6.07) is 13.2. The molecule has 0 saturated carbocycles. The molecule has 0 aromatic heterocycles. The van der Waals surface area contributed by atoms with Gasteiger partial charge in [-0.25, -0.2) is 4.79 Å². The first-order valence-corrected chi connectivity index (χ1v) is 9.16. The number of nitrogens with zero attached hydrogens (tertiary/aromatic N) is 1. The first-order valence-electron chi connectivity index (χ1n) is 8.78. The van der Waals surface area contributed by atoms with Crippen LogP contribution in [-0.4, -0.2) is 29.5 Å². The van der Waals surface area contributed by atoms with Gasteiger partial charge in [-0.15, -0.1) is 0 Å². The summed E-state index contributed by atoms with van der Waals surface area (Å²) in [6.07, 6.45) is 0.342. The summed E-state index contributed by atoms with van der Waals surface area (Å²) in [5.74, 6) is -0.709. The molecule has 0 bridgehead atoms. The number of urea groups is 1. The molecule has 8 heteroatoms. The summed E-state index contributed by atoms with van der Waals surface area (Å²) in [5.41, 5.74) is 2.57. The van der Waals surface area contributed by atoms with E-state index in [1.54, 1.807) is 49.4 Å². The van der Waals surface area contributed by atoms with Crippen LogP contribution < -0.4 is 15.5 Å². The summed E-state index contributed by atoms with van der Waals surface area (Å²) >= 11 is 5.96. The van der Waals surface area contributed by atoms with Gasteiger partial charge < -0.3 is 10.1 Å². The fourth-order valence-electron chi connectivity index (χ4n) is 3.05. The molecule has 1 fully saturated rings. The third-order valence-electron chi connectivity index (χ3n) is 4.62. The van der Waals surface area contributed by atoms with E-state index in [1.807, 2.05) is 13.0 Å². The van der Waals surface area contributed by atoms with Gasteiger partial charge in [0.1, 0.15) is 11.3 Å². The van der Waals surface area contributed by atoms with Gasteiger partial charge in [0.15, 0.2) is 6.61 Å². The predicted octanol–water partition coefficient (Wildman–Crippen LogP) is 2.92. The maximum absolute atomic E-state index is 12.9. The Labute approximate surface area is 167 Å². The molecule has 1 aliphatic heterocycles. The molecule has 1 heterocycles. The highest BCUT2D eigenvalue weighted by Crippen LogP contribution is 2.31. The highest BCUT2D eigenvalue weighted by atomic mass is 35.5. The number of hydrogen-bond acceptors (Lipinski definition) is 4. The van der Waals surface area contributed by atoms with E-state index in [2.05, 4.69) is 10.7 Å². The molecule has 0 unspecified atom stereocenters. The number of hydrogen-bond donors (Lipinski definition) is 2. The number of carbonyl (C=O) groups excluding carboxylic acids is 3. The van der Waals surface area contributed by atoms with Crippen LogP contribution in [0.1, 0.15) is 24.5 Å². The third-order valence-corrected chi connectivity index (χ3v) is 5.05. The summed E-state index contributed by atoms with van der Waals surface area (Å²) in [4.78, 5) is 37.5. The molecule has 3 rings (SSSR count). The number of rotatable bonds is 6.